The van der Waals surface area contributed by atoms with Gasteiger partial charge in [0.1, 0.15) is 6.10 Å². The van der Waals surface area contributed by atoms with Gasteiger partial charge in [0.05, 0.1) is 29.1 Å². The summed E-state index contributed by atoms with van der Waals surface area (Å²) in [5.41, 5.74) is 0.741. The lowest BCUT2D eigenvalue weighted by atomic mass is 10.2. The standard InChI is InChI=1S/C9H15BrN2O2/c1-6(2)14-5-8(13)9-7(10)4-11-12(9)3/h4,6,8,13H,5H2,1-3H3. The smallest absolute Gasteiger partial charge is 0.120 e. The fourth-order valence-corrected chi connectivity index (χ4v) is 1.77. The van der Waals surface area contributed by atoms with Gasteiger partial charge >= 0.3 is 0 Å². The SMILES string of the molecule is CC(C)OCC(O)c1c(Br)cnn1C. The van der Waals surface area contributed by atoms with Gasteiger partial charge in [-0.25, -0.2) is 0 Å². The molecule has 1 aromatic rings. The van der Waals surface area contributed by atoms with E-state index in [1.807, 2.05) is 13.8 Å². The number of hydrogen-bond acceptors (Lipinski definition) is 3. The molecule has 0 spiro atoms. The maximum Gasteiger partial charge on any atom is 0.120 e. The Labute approximate surface area is 92.0 Å². The molecule has 5 heteroatoms. The van der Waals surface area contributed by atoms with Crippen molar-refractivity contribution in [3.63, 3.8) is 0 Å². The van der Waals surface area contributed by atoms with Crippen LogP contribution in [0.25, 0.3) is 0 Å². The zero-order valence-corrected chi connectivity index (χ0v) is 10.2. The van der Waals surface area contributed by atoms with Crippen LogP contribution in [0, 0.1) is 0 Å². The van der Waals surface area contributed by atoms with Crippen LogP contribution in [0.5, 0.6) is 0 Å². The average Bonchev–Trinajstić information content (AvgIpc) is 2.42. The Kier molecular flexibility index (Phi) is 4.10. The Morgan fingerprint density at radius 2 is 2.29 bits per heavy atom. The van der Waals surface area contributed by atoms with E-state index in [0.717, 1.165) is 10.2 Å². The lowest BCUT2D eigenvalue weighted by molar-refractivity contribution is 0.00155. The van der Waals surface area contributed by atoms with Crippen LogP contribution in [0.3, 0.4) is 0 Å². The van der Waals surface area contributed by atoms with E-state index in [-0.39, 0.29) is 12.7 Å². The third-order valence-corrected chi connectivity index (χ3v) is 2.45. The molecule has 0 bridgehead atoms. The maximum absolute atomic E-state index is 9.80. The van der Waals surface area contributed by atoms with Gasteiger partial charge in [0.25, 0.3) is 0 Å². The molecule has 14 heavy (non-hydrogen) atoms. The van der Waals surface area contributed by atoms with E-state index < -0.39 is 6.10 Å². The molecule has 0 aromatic carbocycles. The minimum absolute atomic E-state index is 0.122. The summed E-state index contributed by atoms with van der Waals surface area (Å²) < 4.78 is 7.77. The zero-order valence-electron chi connectivity index (χ0n) is 8.57. The molecular formula is C9H15BrN2O2. The Morgan fingerprint density at radius 3 is 2.71 bits per heavy atom. The largest absolute Gasteiger partial charge is 0.384 e. The van der Waals surface area contributed by atoms with Crippen LogP contribution >= 0.6 is 15.9 Å². The Morgan fingerprint density at radius 1 is 1.64 bits per heavy atom. The van der Waals surface area contributed by atoms with Gasteiger partial charge in [0.15, 0.2) is 0 Å². The van der Waals surface area contributed by atoms with Crippen LogP contribution in [-0.4, -0.2) is 27.6 Å². The highest BCUT2D eigenvalue weighted by Gasteiger charge is 2.16. The predicted octanol–water partition coefficient (Wildman–Crippen LogP) is 1.64. The third-order valence-electron chi connectivity index (χ3n) is 1.84. The van der Waals surface area contributed by atoms with E-state index in [1.165, 1.54) is 0 Å². The van der Waals surface area contributed by atoms with Gasteiger partial charge in [-0.05, 0) is 29.8 Å². The second-order valence-electron chi connectivity index (χ2n) is 3.40. The van der Waals surface area contributed by atoms with Crippen LogP contribution in [0.4, 0.5) is 0 Å². The van der Waals surface area contributed by atoms with Gasteiger partial charge in [-0.15, -0.1) is 0 Å². The molecule has 0 aliphatic rings. The molecule has 1 aromatic heterocycles. The van der Waals surface area contributed by atoms with Crippen molar-refractivity contribution in [2.75, 3.05) is 6.61 Å². The zero-order chi connectivity index (χ0) is 10.7. The first kappa shape index (κ1) is 11.7. The number of halogens is 1. The van der Waals surface area contributed by atoms with Crippen molar-refractivity contribution in [1.29, 1.82) is 0 Å². The van der Waals surface area contributed by atoms with Crippen molar-refractivity contribution in [3.05, 3.63) is 16.4 Å². The lowest BCUT2D eigenvalue weighted by Crippen LogP contribution is -2.15. The number of hydrogen-bond donors (Lipinski definition) is 1. The molecule has 0 saturated heterocycles. The molecule has 0 saturated carbocycles. The highest BCUT2D eigenvalue weighted by Crippen LogP contribution is 2.22. The van der Waals surface area contributed by atoms with E-state index >= 15 is 0 Å². The van der Waals surface area contributed by atoms with Crippen LogP contribution in [-0.2, 0) is 11.8 Å². The summed E-state index contributed by atoms with van der Waals surface area (Å²) in [6.45, 7) is 4.16. The monoisotopic (exact) mass is 262 g/mol. The third kappa shape index (κ3) is 2.80. The van der Waals surface area contributed by atoms with Crippen molar-refractivity contribution in [2.45, 2.75) is 26.1 Å². The Hall–Kier alpha value is -0.390. The number of aliphatic hydroxyl groups excluding tert-OH is 1. The molecule has 1 rings (SSSR count). The molecule has 4 nitrogen and oxygen atoms in total. The van der Waals surface area contributed by atoms with E-state index in [9.17, 15) is 5.11 Å². The van der Waals surface area contributed by atoms with Crippen molar-refractivity contribution in [2.24, 2.45) is 7.05 Å². The van der Waals surface area contributed by atoms with Gasteiger partial charge in [-0.3, -0.25) is 4.68 Å². The molecule has 80 valence electrons. The molecule has 1 unspecified atom stereocenters. The molecule has 1 heterocycles. The van der Waals surface area contributed by atoms with Crippen molar-refractivity contribution >= 4 is 15.9 Å². The number of aryl methyl sites for hydroxylation is 1. The first-order valence-electron chi connectivity index (χ1n) is 4.49. The van der Waals surface area contributed by atoms with Gasteiger partial charge in [0.2, 0.25) is 0 Å². The number of aromatic nitrogens is 2. The van der Waals surface area contributed by atoms with Gasteiger partial charge in [-0.1, -0.05) is 0 Å². The quantitative estimate of drug-likeness (QED) is 0.898. The Bertz CT molecular complexity index is 280. The summed E-state index contributed by atoms with van der Waals surface area (Å²) in [5, 5.41) is 13.8. The molecule has 0 aliphatic heterocycles. The number of rotatable bonds is 4. The number of ether oxygens (including phenoxy) is 1. The minimum Gasteiger partial charge on any atom is -0.384 e. The van der Waals surface area contributed by atoms with Crippen LogP contribution in [0.1, 0.15) is 25.6 Å². The minimum atomic E-state index is -0.640. The highest BCUT2D eigenvalue weighted by molar-refractivity contribution is 9.10. The normalized spacial score (nSPS) is 13.6. The first-order chi connectivity index (χ1) is 6.52. The van der Waals surface area contributed by atoms with Crippen molar-refractivity contribution in [3.8, 4) is 0 Å². The predicted molar refractivity (Wildman–Crippen MR) is 57.0 cm³/mol. The highest BCUT2D eigenvalue weighted by atomic mass is 79.9. The van der Waals surface area contributed by atoms with Gasteiger partial charge < -0.3 is 9.84 Å². The topological polar surface area (TPSA) is 47.3 Å². The summed E-state index contributed by atoms with van der Waals surface area (Å²) >= 11 is 3.33. The Balaban J connectivity index is 2.64. The summed E-state index contributed by atoms with van der Waals surface area (Å²) in [6, 6.07) is 0. The first-order valence-corrected chi connectivity index (χ1v) is 5.28. The fourth-order valence-electron chi connectivity index (χ4n) is 1.16. The lowest BCUT2D eigenvalue weighted by Gasteiger charge is -2.14. The van der Waals surface area contributed by atoms with Crippen LogP contribution in [0.15, 0.2) is 10.7 Å². The second kappa shape index (κ2) is 4.91. The summed E-state index contributed by atoms with van der Waals surface area (Å²) in [7, 11) is 1.79. The molecule has 1 atom stereocenters. The van der Waals surface area contributed by atoms with Crippen LogP contribution in [0.2, 0.25) is 0 Å². The van der Waals surface area contributed by atoms with Gasteiger partial charge in [-0.2, -0.15) is 5.10 Å². The second-order valence-corrected chi connectivity index (χ2v) is 4.25. The summed E-state index contributed by atoms with van der Waals surface area (Å²) in [4.78, 5) is 0. The molecule has 0 fully saturated rings. The fraction of sp³-hybridized carbons (Fsp3) is 0.667. The van der Waals surface area contributed by atoms with E-state index in [1.54, 1.807) is 17.9 Å². The van der Waals surface area contributed by atoms with E-state index in [4.69, 9.17) is 4.74 Å². The van der Waals surface area contributed by atoms with Crippen LogP contribution < -0.4 is 0 Å². The van der Waals surface area contributed by atoms with Crippen molar-refractivity contribution in [1.82, 2.24) is 9.78 Å². The average molecular weight is 263 g/mol. The van der Waals surface area contributed by atoms with E-state index in [0.29, 0.717) is 0 Å². The summed E-state index contributed by atoms with van der Waals surface area (Å²) in [5.74, 6) is 0. The molecular weight excluding hydrogens is 248 g/mol. The maximum atomic E-state index is 9.80. The van der Waals surface area contributed by atoms with Gasteiger partial charge in [0, 0.05) is 7.05 Å². The van der Waals surface area contributed by atoms with E-state index in [2.05, 4.69) is 21.0 Å². The molecule has 0 aliphatic carbocycles. The molecule has 0 amide bonds. The number of aliphatic hydroxyl groups is 1. The summed E-state index contributed by atoms with van der Waals surface area (Å²) in [6.07, 6.45) is 1.14. The number of nitrogens with zero attached hydrogens (tertiary/aromatic N) is 2. The molecule has 0 radical (unpaired) electrons. The van der Waals surface area contributed by atoms with Crippen molar-refractivity contribution < 1.29 is 9.84 Å². The molecule has 1 N–H and O–H groups in total.